The zero-order valence-corrected chi connectivity index (χ0v) is 14.9. The lowest BCUT2D eigenvalue weighted by atomic mass is 10.2. The van der Waals surface area contributed by atoms with Gasteiger partial charge in [-0.15, -0.1) is 0 Å². The van der Waals surface area contributed by atoms with Gasteiger partial charge in [0.25, 0.3) is 5.69 Å². The van der Waals surface area contributed by atoms with Crippen LogP contribution in [0.3, 0.4) is 0 Å². The Balaban J connectivity index is 2.47. The van der Waals surface area contributed by atoms with Crippen LogP contribution >= 0.6 is 47.8 Å². The zero-order chi connectivity index (χ0) is 15.6. The van der Waals surface area contributed by atoms with Crippen LogP contribution < -0.4 is 4.74 Å². The average molecular weight is 480 g/mol. The highest BCUT2D eigenvalue weighted by atomic mass is 79.9. The molecule has 0 radical (unpaired) electrons. The number of non-ortho nitro benzene ring substituents is 1. The first-order valence-electron chi connectivity index (χ1n) is 5.48. The summed E-state index contributed by atoms with van der Waals surface area (Å²) in [5.41, 5.74) is 0.293. The quantitative estimate of drug-likeness (QED) is 0.330. The third kappa shape index (κ3) is 3.69. The van der Waals surface area contributed by atoms with Gasteiger partial charge < -0.3 is 4.74 Å². The summed E-state index contributed by atoms with van der Waals surface area (Å²) in [6, 6.07) is 7.64. The summed E-state index contributed by atoms with van der Waals surface area (Å²) in [4.78, 5) is 21.3. The molecule has 108 valence electrons. The van der Waals surface area contributed by atoms with Crippen LogP contribution in [-0.2, 0) is 0 Å². The van der Waals surface area contributed by atoms with Crippen molar-refractivity contribution in [2.45, 2.75) is 0 Å². The number of ether oxygens (including phenoxy) is 1. The topological polar surface area (TPSA) is 69.4 Å². The van der Waals surface area contributed by atoms with Gasteiger partial charge in [0.1, 0.15) is 5.75 Å². The summed E-state index contributed by atoms with van der Waals surface area (Å²) in [6.07, 6.45) is 0.676. The number of carbonyl (C=O) groups is 1. The van der Waals surface area contributed by atoms with E-state index in [1.807, 2.05) is 0 Å². The highest BCUT2D eigenvalue weighted by Crippen LogP contribution is 2.40. The fraction of sp³-hybridized carbons (Fsp3) is 0. The van der Waals surface area contributed by atoms with Crippen molar-refractivity contribution in [1.29, 1.82) is 0 Å². The molecule has 2 aromatic carbocycles. The SMILES string of the molecule is O=Cc1ccc(Br)cc1Oc1c(Br)cc([N+](=O)[O-])cc1Br. The minimum atomic E-state index is -0.505. The van der Waals surface area contributed by atoms with E-state index in [0.717, 1.165) is 4.47 Å². The molecule has 0 aliphatic heterocycles. The van der Waals surface area contributed by atoms with E-state index in [4.69, 9.17) is 4.74 Å². The van der Waals surface area contributed by atoms with Gasteiger partial charge >= 0.3 is 0 Å². The Morgan fingerprint density at radius 1 is 1.10 bits per heavy atom. The van der Waals surface area contributed by atoms with Crippen molar-refractivity contribution in [2.75, 3.05) is 0 Å². The van der Waals surface area contributed by atoms with E-state index in [9.17, 15) is 14.9 Å². The number of nitro groups is 1. The predicted molar refractivity (Wildman–Crippen MR) is 88.1 cm³/mol. The lowest BCUT2D eigenvalue weighted by Gasteiger charge is -2.11. The summed E-state index contributed by atoms with van der Waals surface area (Å²) < 4.78 is 7.25. The fourth-order valence-corrected chi connectivity index (χ4v) is 3.22. The van der Waals surface area contributed by atoms with Crippen molar-refractivity contribution in [3.63, 3.8) is 0 Å². The molecule has 0 unspecified atom stereocenters. The van der Waals surface area contributed by atoms with Crippen molar-refractivity contribution in [3.8, 4) is 11.5 Å². The first kappa shape index (κ1) is 16.1. The minimum Gasteiger partial charge on any atom is -0.454 e. The number of halogens is 3. The number of hydrogen-bond donors (Lipinski definition) is 0. The summed E-state index contributed by atoms with van der Waals surface area (Å²) in [5, 5.41) is 10.8. The largest absolute Gasteiger partial charge is 0.454 e. The monoisotopic (exact) mass is 477 g/mol. The summed E-state index contributed by atoms with van der Waals surface area (Å²) >= 11 is 9.76. The molecule has 2 rings (SSSR count). The van der Waals surface area contributed by atoms with E-state index in [1.165, 1.54) is 12.1 Å². The molecule has 2 aromatic rings. The average Bonchev–Trinajstić information content (AvgIpc) is 2.42. The van der Waals surface area contributed by atoms with E-state index in [0.29, 0.717) is 32.3 Å². The van der Waals surface area contributed by atoms with Crippen molar-refractivity contribution in [3.05, 3.63) is 59.4 Å². The number of aldehydes is 1. The van der Waals surface area contributed by atoms with Crippen LogP contribution in [-0.4, -0.2) is 11.2 Å². The van der Waals surface area contributed by atoms with Crippen LogP contribution in [0.4, 0.5) is 5.69 Å². The zero-order valence-electron chi connectivity index (χ0n) is 10.2. The van der Waals surface area contributed by atoms with Crippen LogP contribution in [0.15, 0.2) is 43.7 Å². The standard InChI is InChI=1S/C13H6Br3NO4/c14-8-2-1-7(6-18)12(3-8)21-13-10(15)4-9(17(19)20)5-11(13)16/h1-6H. The molecule has 0 bridgehead atoms. The van der Waals surface area contributed by atoms with E-state index in [-0.39, 0.29) is 5.69 Å². The molecule has 0 atom stereocenters. The molecule has 8 heteroatoms. The third-order valence-corrected chi connectivity index (χ3v) is 4.18. The van der Waals surface area contributed by atoms with E-state index in [2.05, 4.69) is 47.8 Å². The Morgan fingerprint density at radius 2 is 1.71 bits per heavy atom. The lowest BCUT2D eigenvalue weighted by molar-refractivity contribution is -0.385. The molecule has 21 heavy (non-hydrogen) atoms. The molecule has 0 N–H and O–H groups in total. The second kappa shape index (κ2) is 6.67. The highest BCUT2D eigenvalue weighted by Gasteiger charge is 2.17. The van der Waals surface area contributed by atoms with Gasteiger partial charge in [0.2, 0.25) is 0 Å². The maximum Gasteiger partial charge on any atom is 0.271 e. The number of rotatable bonds is 4. The first-order chi connectivity index (χ1) is 9.92. The Hall–Kier alpha value is -1.25. The van der Waals surface area contributed by atoms with Gasteiger partial charge in [0.05, 0.1) is 19.4 Å². The van der Waals surface area contributed by atoms with Crippen molar-refractivity contribution in [1.82, 2.24) is 0 Å². The maximum absolute atomic E-state index is 11.0. The van der Waals surface area contributed by atoms with Crippen molar-refractivity contribution < 1.29 is 14.5 Å². The third-order valence-electron chi connectivity index (χ3n) is 2.51. The molecular formula is C13H6Br3NO4. The Kier molecular flexibility index (Phi) is 5.13. The number of nitrogens with zero attached hydrogens (tertiary/aromatic N) is 1. The number of benzene rings is 2. The second-order valence-corrected chi connectivity index (χ2v) is 6.52. The van der Waals surface area contributed by atoms with Crippen LogP contribution in [0.1, 0.15) is 10.4 Å². The van der Waals surface area contributed by atoms with Gasteiger partial charge in [-0.1, -0.05) is 15.9 Å². The van der Waals surface area contributed by atoms with Gasteiger partial charge in [-0.25, -0.2) is 0 Å². The molecule has 0 aliphatic carbocycles. The normalized spacial score (nSPS) is 10.2. The molecule has 0 saturated carbocycles. The van der Waals surface area contributed by atoms with Crippen LogP contribution in [0.5, 0.6) is 11.5 Å². The molecule has 0 fully saturated rings. The van der Waals surface area contributed by atoms with Gasteiger partial charge in [-0.3, -0.25) is 14.9 Å². The molecule has 0 amide bonds. The smallest absolute Gasteiger partial charge is 0.271 e. The molecular weight excluding hydrogens is 474 g/mol. The second-order valence-electron chi connectivity index (χ2n) is 3.90. The van der Waals surface area contributed by atoms with Crippen LogP contribution in [0.2, 0.25) is 0 Å². The van der Waals surface area contributed by atoms with Crippen molar-refractivity contribution >= 4 is 59.8 Å². The highest BCUT2D eigenvalue weighted by molar-refractivity contribution is 9.11. The van der Waals surface area contributed by atoms with Crippen LogP contribution in [0, 0.1) is 10.1 Å². The number of hydrogen-bond acceptors (Lipinski definition) is 4. The number of nitro benzene ring substituents is 1. The van der Waals surface area contributed by atoms with Gasteiger partial charge in [0, 0.05) is 16.6 Å². The summed E-state index contributed by atoms with van der Waals surface area (Å²) in [7, 11) is 0. The molecule has 0 saturated heterocycles. The van der Waals surface area contributed by atoms with E-state index in [1.54, 1.807) is 18.2 Å². The Bertz CT molecular complexity index is 710. The Morgan fingerprint density at radius 3 is 2.24 bits per heavy atom. The predicted octanol–water partition coefficient (Wildman–Crippen LogP) is 5.49. The van der Waals surface area contributed by atoms with Gasteiger partial charge in [-0.05, 0) is 50.1 Å². The van der Waals surface area contributed by atoms with E-state index >= 15 is 0 Å². The minimum absolute atomic E-state index is 0.0778. The Labute approximate surface area is 144 Å². The van der Waals surface area contributed by atoms with E-state index < -0.39 is 4.92 Å². The van der Waals surface area contributed by atoms with Crippen LogP contribution in [0.25, 0.3) is 0 Å². The molecule has 5 nitrogen and oxygen atoms in total. The summed E-state index contributed by atoms with van der Waals surface area (Å²) in [5.74, 6) is 0.691. The van der Waals surface area contributed by atoms with Gasteiger partial charge in [0.15, 0.2) is 12.0 Å². The van der Waals surface area contributed by atoms with Crippen molar-refractivity contribution in [2.24, 2.45) is 0 Å². The number of carbonyl (C=O) groups excluding carboxylic acids is 1. The fourth-order valence-electron chi connectivity index (χ4n) is 1.55. The molecule has 0 heterocycles. The molecule has 0 aliphatic rings. The molecule has 0 spiro atoms. The lowest BCUT2D eigenvalue weighted by Crippen LogP contribution is -1.94. The summed E-state index contributed by atoms with van der Waals surface area (Å²) in [6.45, 7) is 0. The van der Waals surface area contributed by atoms with Gasteiger partial charge in [-0.2, -0.15) is 0 Å². The maximum atomic E-state index is 11.0. The molecule has 0 aromatic heterocycles. The first-order valence-corrected chi connectivity index (χ1v) is 7.86.